The summed E-state index contributed by atoms with van der Waals surface area (Å²) >= 11 is 0. The van der Waals surface area contributed by atoms with E-state index in [0.717, 1.165) is 5.56 Å². The van der Waals surface area contributed by atoms with E-state index in [1.54, 1.807) is 42.4 Å². The van der Waals surface area contributed by atoms with Gasteiger partial charge in [-0.3, -0.25) is 9.78 Å². The minimum atomic E-state index is -0.0680. The smallest absolute Gasteiger partial charge is 0.260 e. The van der Waals surface area contributed by atoms with E-state index in [1.165, 1.54) is 0 Å². The van der Waals surface area contributed by atoms with Crippen molar-refractivity contribution < 1.29 is 4.74 Å². The number of methoxy groups -OCH3 is 1. The molecule has 0 aliphatic rings. The van der Waals surface area contributed by atoms with E-state index in [0.29, 0.717) is 23.3 Å². The van der Waals surface area contributed by atoms with E-state index in [4.69, 9.17) is 4.74 Å². The van der Waals surface area contributed by atoms with E-state index in [9.17, 15) is 4.79 Å². The van der Waals surface area contributed by atoms with Crippen LogP contribution in [0.15, 0.2) is 53.7 Å². The van der Waals surface area contributed by atoms with Gasteiger partial charge >= 0.3 is 0 Å². The van der Waals surface area contributed by atoms with Gasteiger partial charge in [0.15, 0.2) is 0 Å². The summed E-state index contributed by atoms with van der Waals surface area (Å²) in [5, 5.41) is 0.609. The maximum atomic E-state index is 12.4. The molecule has 100 valence electrons. The molecule has 0 saturated heterocycles. The standard InChI is InChI=1S/C15H13N3O2/c1-20-14-11(4-2-8-17-14)10-18-9-6-13-12(15(18)19)5-3-7-16-13/h2-9H,10H2,1H3. The lowest BCUT2D eigenvalue weighted by Gasteiger charge is -2.09. The number of hydrogen-bond acceptors (Lipinski definition) is 4. The molecule has 3 heterocycles. The van der Waals surface area contributed by atoms with Crippen molar-refractivity contribution in [2.45, 2.75) is 6.54 Å². The fraction of sp³-hybridized carbons (Fsp3) is 0.133. The van der Waals surface area contributed by atoms with E-state index in [1.807, 2.05) is 18.2 Å². The number of hydrogen-bond donors (Lipinski definition) is 0. The second-order valence-corrected chi connectivity index (χ2v) is 4.36. The Labute approximate surface area is 115 Å². The highest BCUT2D eigenvalue weighted by Crippen LogP contribution is 2.15. The summed E-state index contributed by atoms with van der Waals surface area (Å²) in [6, 6.07) is 9.09. The number of pyridine rings is 3. The van der Waals surface area contributed by atoms with E-state index in [2.05, 4.69) is 9.97 Å². The lowest BCUT2D eigenvalue weighted by molar-refractivity contribution is 0.391. The van der Waals surface area contributed by atoms with E-state index >= 15 is 0 Å². The van der Waals surface area contributed by atoms with Crippen LogP contribution in [-0.2, 0) is 6.54 Å². The topological polar surface area (TPSA) is 57.0 Å². The zero-order valence-electron chi connectivity index (χ0n) is 11.0. The predicted molar refractivity (Wildman–Crippen MR) is 75.9 cm³/mol. The zero-order chi connectivity index (χ0) is 13.9. The normalized spacial score (nSPS) is 10.7. The van der Waals surface area contributed by atoms with Crippen molar-refractivity contribution in [2.24, 2.45) is 0 Å². The van der Waals surface area contributed by atoms with Gasteiger partial charge in [-0.25, -0.2) is 4.98 Å². The first-order valence-corrected chi connectivity index (χ1v) is 6.21. The van der Waals surface area contributed by atoms with Crippen molar-refractivity contribution in [3.05, 3.63) is 64.8 Å². The Hall–Kier alpha value is -2.69. The summed E-state index contributed by atoms with van der Waals surface area (Å²) in [4.78, 5) is 20.7. The first kappa shape index (κ1) is 12.3. The molecule has 0 aromatic carbocycles. The maximum Gasteiger partial charge on any atom is 0.260 e. The summed E-state index contributed by atoms with van der Waals surface area (Å²) in [6.45, 7) is 0.417. The Morgan fingerprint density at radius 1 is 1.15 bits per heavy atom. The molecule has 0 bridgehead atoms. The molecule has 0 fully saturated rings. The Kier molecular flexibility index (Phi) is 3.16. The van der Waals surface area contributed by atoms with Gasteiger partial charge in [-0.15, -0.1) is 0 Å². The van der Waals surface area contributed by atoms with Crippen molar-refractivity contribution in [3.63, 3.8) is 0 Å². The molecule has 0 aliphatic carbocycles. The molecule has 20 heavy (non-hydrogen) atoms. The maximum absolute atomic E-state index is 12.4. The molecule has 5 nitrogen and oxygen atoms in total. The van der Waals surface area contributed by atoms with Crippen molar-refractivity contribution >= 4 is 10.9 Å². The van der Waals surface area contributed by atoms with Crippen LogP contribution in [0.2, 0.25) is 0 Å². The molecule has 0 aliphatic heterocycles. The molecule has 0 spiro atoms. The number of nitrogens with zero attached hydrogens (tertiary/aromatic N) is 3. The van der Waals surface area contributed by atoms with Crippen LogP contribution in [-0.4, -0.2) is 21.6 Å². The first-order valence-electron chi connectivity index (χ1n) is 6.21. The summed E-state index contributed by atoms with van der Waals surface area (Å²) in [5.74, 6) is 0.533. The molecule has 0 atom stereocenters. The van der Waals surface area contributed by atoms with Gasteiger partial charge in [0.05, 0.1) is 24.6 Å². The van der Waals surface area contributed by atoms with Gasteiger partial charge in [-0.2, -0.15) is 0 Å². The van der Waals surface area contributed by atoms with Crippen molar-refractivity contribution in [1.29, 1.82) is 0 Å². The highest BCUT2D eigenvalue weighted by molar-refractivity contribution is 5.76. The molecular formula is C15H13N3O2. The molecule has 0 unspecified atom stereocenters. The van der Waals surface area contributed by atoms with Crippen LogP contribution in [0, 0.1) is 0 Å². The van der Waals surface area contributed by atoms with Crippen molar-refractivity contribution in [2.75, 3.05) is 7.11 Å². The average Bonchev–Trinajstić information content (AvgIpc) is 2.51. The number of rotatable bonds is 3. The van der Waals surface area contributed by atoms with Gasteiger partial charge in [0.2, 0.25) is 5.88 Å². The molecule has 0 saturated carbocycles. The van der Waals surface area contributed by atoms with Crippen LogP contribution in [0.3, 0.4) is 0 Å². The highest BCUT2D eigenvalue weighted by Gasteiger charge is 2.07. The van der Waals surface area contributed by atoms with Gasteiger partial charge in [-0.05, 0) is 24.3 Å². The average molecular weight is 267 g/mol. The van der Waals surface area contributed by atoms with Crippen LogP contribution in [0.25, 0.3) is 10.9 Å². The molecule has 3 rings (SSSR count). The summed E-state index contributed by atoms with van der Waals surface area (Å²) in [7, 11) is 1.57. The number of aromatic nitrogens is 3. The third-order valence-corrected chi connectivity index (χ3v) is 3.13. The van der Waals surface area contributed by atoms with Crippen molar-refractivity contribution in [1.82, 2.24) is 14.5 Å². The zero-order valence-corrected chi connectivity index (χ0v) is 11.0. The highest BCUT2D eigenvalue weighted by atomic mass is 16.5. The van der Waals surface area contributed by atoms with Gasteiger partial charge < -0.3 is 9.30 Å². The summed E-state index contributed by atoms with van der Waals surface area (Å²) in [6.07, 6.45) is 5.08. The van der Waals surface area contributed by atoms with Crippen LogP contribution in [0.4, 0.5) is 0 Å². The second-order valence-electron chi connectivity index (χ2n) is 4.36. The van der Waals surface area contributed by atoms with Gasteiger partial charge in [0.1, 0.15) is 0 Å². The van der Waals surface area contributed by atoms with Crippen LogP contribution in [0.1, 0.15) is 5.56 Å². The third-order valence-electron chi connectivity index (χ3n) is 3.13. The predicted octanol–water partition coefficient (Wildman–Crippen LogP) is 1.85. The lowest BCUT2D eigenvalue weighted by atomic mass is 10.2. The van der Waals surface area contributed by atoms with Gasteiger partial charge in [0.25, 0.3) is 5.56 Å². The number of fused-ring (bicyclic) bond motifs is 1. The lowest BCUT2D eigenvalue weighted by Crippen LogP contribution is -2.20. The molecular weight excluding hydrogens is 254 g/mol. The van der Waals surface area contributed by atoms with E-state index < -0.39 is 0 Å². The second kappa shape index (κ2) is 5.13. The number of ether oxygens (including phenoxy) is 1. The Bertz CT molecular complexity index is 811. The molecule has 0 N–H and O–H groups in total. The third kappa shape index (κ3) is 2.14. The van der Waals surface area contributed by atoms with Crippen molar-refractivity contribution in [3.8, 4) is 5.88 Å². The van der Waals surface area contributed by atoms with Crippen LogP contribution < -0.4 is 10.3 Å². The Morgan fingerprint density at radius 3 is 2.80 bits per heavy atom. The minimum absolute atomic E-state index is 0.0680. The van der Waals surface area contributed by atoms with Gasteiger partial charge in [0, 0.05) is 24.2 Å². The fourth-order valence-corrected chi connectivity index (χ4v) is 2.15. The first-order chi connectivity index (χ1) is 9.79. The minimum Gasteiger partial charge on any atom is -0.481 e. The molecule has 3 aromatic rings. The molecule has 0 radical (unpaired) electrons. The Morgan fingerprint density at radius 2 is 1.95 bits per heavy atom. The summed E-state index contributed by atoms with van der Waals surface area (Å²) < 4.78 is 6.83. The monoisotopic (exact) mass is 267 g/mol. The van der Waals surface area contributed by atoms with Crippen LogP contribution in [0.5, 0.6) is 5.88 Å². The quantitative estimate of drug-likeness (QED) is 0.726. The molecule has 0 amide bonds. The largest absolute Gasteiger partial charge is 0.481 e. The fourth-order valence-electron chi connectivity index (χ4n) is 2.15. The molecule has 5 heteroatoms. The summed E-state index contributed by atoms with van der Waals surface area (Å²) in [5.41, 5.74) is 1.49. The van der Waals surface area contributed by atoms with E-state index in [-0.39, 0.29) is 5.56 Å². The SMILES string of the molecule is COc1ncccc1Cn1ccc2ncccc2c1=O. The van der Waals surface area contributed by atoms with Gasteiger partial charge in [-0.1, -0.05) is 6.07 Å². The molecule has 3 aromatic heterocycles. The Balaban J connectivity index is 2.07. The van der Waals surface area contributed by atoms with Crippen LogP contribution >= 0.6 is 0 Å².